The van der Waals surface area contributed by atoms with Crippen molar-refractivity contribution in [3.63, 3.8) is 0 Å². The van der Waals surface area contributed by atoms with Crippen LogP contribution in [0.25, 0.3) is 0 Å². The minimum Gasteiger partial charge on any atom is -0.481 e. The van der Waals surface area contributed by atoms with Gasteiger partial charge in [0, 0.05) is 0 Å². The van der Waals surface area contributed by atoms with Crippen molar-refractivity contribution in [2.75, 3.05) is 6.61 Å². The van der Waals surface area contributed by atoms with Crippen molar-refractivity contribution in [1.82, 2.24) is 0 Å². The molecular weight excluding hydrogens is 220 g/mol. The van der Waals surface area contributed by atoms with Crippen LogP contribution in [0.1, 0.15) is 53.9 Å². The van der Waals surface area contributed by atoms with E-state index in [4.69, 9.17) is 9.84 Å². The van der Waals surface area contributed by atoms with Gasteiger partial charge in [-0.15, -0.1) is 0 Å². The summed E-state index contributed by atoms with van der Waals surface area (Å²) >= 11 is 0. The smallest absolute Gasteiger partial charge is 0.308 e. The van der Waals surface area contributed by atoms with Gasteiger partial charge in [0.1, 0.15) is 0 Å². The molecule has 0 saturated heterocycles. The maximum absolute atomic E-state index is 10.9. The zero-order chi connectivity index (χ0) is 13.8. The molecule has 0 bridgehead atoms. The van der Waals surface area contributed by atoms with E-state index in [-0.39, 0.29) is 17.8 Å². The molecule has 4 heteroatoms. The van der Waals surface area contributed by atoms with E-state index >= 15 is 0 Å². The zero-order valence-electron chi connectivity index (χ0n) is 11.7. The Balaban J connectivity index is 0. The number of aliphatic carboxylic acids is 1. The number of unbranched alkanes of at least 4 members (excludes halogenated alkanes) is 2. The van der Waals surface area contributed by atoms with Gasteiger partial charge in [0.05, 0.1) is 18.4 Å². The van der Waals surface area contributed by atoms with Crippen molar-refractivity contribution in [1.29, 1.82) is 0 Å². The summed E-state index contributed by atoms with van der Waals surface area (Å²) < 4.78 is 4.97. The topological polar surface area (TPSA) is 63.6 Å². The molecule has 0 aliphatic rings. The first-order valence-corrected chi connectivity index (χ1v) is 6.22. The van der Waals surface area contributed by atoms with Crippen LogP contribution in [0.4, 0.5) is 0 Å². The predicted molar refractivity (Wildman–Crippen MR) is 67.8 cm³/mol. The molecule has 0 amide bonds. The summed E-state index contributed by atoms with van der Waals surface area (Å²) in [5, 5.41) is 7.99. The summed E-state index contributed by atoms with van der Waals surface area (Å²) in [6.07, 6.45) is 3.31. The Kier molecular flexibility index (Phi) is 12.3. The number of esters is 1. The maximum Gasteiger partial charge on any atom is 0.308 e. The van der Waals surface area contributed by atoms with Crippen molar-refractivity contribution in [2.24, 2.45) is 11.8 Å². The summed E-state index contributed by atoms with van der Waals surface area (Å²) in [4.78, 5) is 20.6. The van der Waals surface area contributed by atoms with Gasteiger partial charge >= 0.3 is 11.9 Å². The Morgan fingerprint density at radius 1 is 1.06 bits per heavy atom. The van der Waals surface area contributed by atoms with Crippen molar-refractivity contribution >= 4 is 11.9 Å². The second kappa shape index (κ2) is 11.4. The third-order valence-electron chi connectivity index (χ3n) is 1.96. The number of ether oxygens (including phenoxy) is 1. The lowest BCUT2D eigenvalue weighted by Crippen LogP contribution is -2.12. The highest BCUT2D eigenvalue weighted by molar-refractivity contribution is 5.71. The zero-order valence-corrected chi connectivity index (χ0v) is 11.7. The molecule has 0 unspecified atom stereocenters. The third-order valence-corrected chi connectivity index (χ3v) is 1.96. The first kappa shape index (κ1) is 18.3. The van der Waals surface area contributed by atoms with Crippen molar-refractivity contribution in [2.45, 2.75) is 53.9 Å². The van der Waals surface area contributed by atoms with E-state index in [0.29, 0.717) is 6.61 Å². The Morgan fingerprint density at radius 3 is 1.82 bits per heavy atom. The molecule has 1 N–H and O–H groups in total. The highest BCUT2D eigenvalue weighted by Gasteiger charge is 2.06. The fourth-order valence-electron chi connectivity index (χ4n) is 0.691. The van der Waals surface area contributed by atoms with Crippen LogP contribution in [0.3, 0.4) is 0 Å². The average molecular weight is 246 g/mol. The van der Waals surface area contributed by atoms with E-state index in [2.05, 4.69) is 6.92 Å². The lowest BCUT2D eigenvalue weighted by molar-refractivity contribution is -0.147. The molecular formula is C13H26O4. The average Bonchev–Trinajstić information content (AvgIpc) is 2.24. The number of hydrogen-bond donors (Lipinski definition) is 1. The summed E-state index contributed by atoms with van der Waals surface area (Å²) in [5.41, 5.74) is 0. The molecule has 0 aliphatic heterocycles. The van der Waals surface area contributed by atoms with Gasteiger partial charge in [-0.1, -0.05) is 47.5 Å². The SMILES string of the molecule is CC(C)C(=O)O.CCCCCOC(=O)C(C)C. The fourth-order valence-corrected chi connectivity index (χ4v) is 0.691. The highest BCUT2D eigenvalue weighted by Crippen LogP contribution is 1.99. The molecule has 0 fully saturated rings. The molecule has 0 heterocycles. The van der Waals surface area contributed by atoms with Crippen molar-refractivity contribution in [3.05, 3.63) is 0 Å². The normalized spacial score (nSPS) is 9.82. The van der Waals surface area contributed by atoms with E-state index in [1.165, 1.54) is 6.42 Å². The second-order valence-electron chi connectivity index (χ2n) is 4.52. The molecule has 4 nitrogen and oxygen atoms in total. The first-order valence-electron chi connectivity index (χ1n) is 6.22. The lowest BCUT2D eigenvalue weighted by Gasteiger charge is -2.05. The molecule has 0 atom stereocenters. The molecule has 102 valence electrons. The standard InChI is InChI=1S/C9H18O2.C4H8O2/c1-4-5-6-7-11-9(10)8(2)3;1-3(2)4(5)6/h8H,4-7H2,1-3H3;3H,1-2H3,(H,5,6). The molecule has 0 radical (unpaired) electrons. The van der Waals surface area contributed by atoms with Crippen molar-refractivity contribution < 1.29 is 19.4 Å². The number of carbonyl (C=O) groups is 2. The first-order chi connectivity index (χ1) is 7.82. The van der Waals surface area contributed by atoms with Gasteiger partial charge in [-0.2, -0.15) is 0 Å². The van der Waals surface area contributed by atoms with E-state index in [9.17, 15) is 9.59 Å². The quantitative estimate of drug-likeness (QED) is 0.577. The molecule has 0 aromatic carbocycles. The fraction of sp³-hybridized carbons (Fsp3) is 0.846. The van der Waals surface area contributed by atoms with Gasteiger partial charge in [0.25, 0.3) is 0 Å². The predicted octanol–water partition coefficient (Wildman–Crippen LogP) is 3.10. The van der Waals surface area contributed by atoms with Crippen LogP contribution >= 0.6 is 0 Å². The number of hydrogen-bond acceptors (Lipinski definition) is 3. The van der Waals surface area contributed by atoms with Crippen LogP contribution in [0, 0.1) is 11.8 Å². The van der Waals surface area contributed by atoms with Crippen LogP contribution in [-0.4, -0.2) is 23.7 Å². The minimum absolute atomic E-state index is 0.0108. The summed E-state index contributed by atoms with van der Waals surface area (Å²) in [6, 6.07) is 0. The maximum atomic E-state index is 10.9. The Bertz CT molecular complexity index is 209. The Hall–Kier alpha value is -1.06. The summed E-state index contributed by atoms with van der Waals surface area (Å²) in [6.45, 7) is 9.70. The van der Waals surface area contributed by atoms with Crippen LogP contribution < -0.4 is 0 Å². The molecule has 0 aromatic heterocycles. The van der Waals surface area contributed by atoms with Gasteiger partial charge in [0.2, 0.25) is 0 Å². The monoisotopic (exact) mass is 246 g/mol. The van der Waals surface area contributed by atoms with E-state index in [0.717, 1.165) is 12.8 Å². The van der Waals surface area contributed by atoms with Crippen LogP contribution in [0.15, 0.2) is 0 Å². The van der Waals surface area contributed by atoms with Crippen molar-refractivity contribution in [3.8, 4) is 0 Å². The number of carboxylic acids is 1. The molecule has 0 rings (SSSR count). The number of carbonyl (C=O) groups excluding carboxylic acids is 1. The van der Waals surface area contributed by atoms with E-state index in [1.807, 2.05) is 13.8 Å². The molecule has 17 heavy (non-hydrogen) atoms. The van der Waals surface area contributed by atoms with Crippen LogP contribution in [0.5, 0.6) is 0 Å². The van der Waals surface area contributed by atoms with Gasteiger partial charge in [-0.3, -0.25) is 9.59 Å². The Labute approximate surface area is 104 Å². The second-order valence-corrected chi connectivity index (χ2v) is 4.52. The largest absolute Gasteiger partial charge is 0.481 e. The lowest BCUT2D eigenvalue weighted by atomic mass is 10.2. The highest BCUT2D eigenvalue weighted by atomic mass is 16.5. The van der Waals surface area contributed by atoms with E-state index < -0.39 is 5.97 Å². The van der Waals surface area contributed by atoms with Gasteiger partial charge < -0.3 is 9.84 Å². The molecule has 0 spiro atoms. The third kappa shape index (κ3) is 14.9. The summed E-state index contributed by atoms with van der Waals surface area (Å²) in [7, 11) is 0. The molecule has 0 saturated carbocycles. The van der Waals surface area contributed by atoms with Gasteiger partial charge in [-0.25, -0.2) is 0 Å². The number of rotatable bonds is 6. The molecule has 0 aromatic rings. The minimum atomic E-state index is -0.741. The van der Waals surface area contributed by atoms with Crippen LogP contribution in [-0.2, 0) is 14.3 Å². The number of carboxylic acid groups (broad SMARTS) is 1. The van der Waals surface area contributed by atoms with Crippen LogP contribution in [0.2, 0.25) is 0 Å². The van der Waals surface area contributed by atoms with E-state index in [1.54, 1.807) is 13.8 Å². The summed E-state index contributed by atoms with van der Waals surface area (Å²) in [5.74, 6) is -1.04. The molecule has 0 aliphatic carbocycles. The van der Waals surface area contributed by atoms with Gasteiger partial charge in [0.15, 0.2) is 0 Å². The Morgan fingerprint density at radius 2 is 1.53 bits per heavy atom. The van der Waals surface area contributed by atoms with Gasteiger partial charge in [-0.05, 0) is 6.42 Å².